The number of nitrogens with zero attached hydrogens (tertiary/aromatic N) is 3. The molecule has 1 fully saturated rings. The second kappa shape index (κ2) is 10.7. The summed E-state index contributed by atoms with van der Waals surface area (Å²) >= 11 is 4.82. The number of aromatic nitrogens is 1. The van der Waals surface area contributed by atoms with Gasteiger partial charge >= 0.3 is 5.97 Å². The molecule has 1 unspecified atom stereocenters. The van der Waals surface area contributed by atoms with Gasteiger partial charge in [-0.05, 0) is 35.3 Å². The highest BCUT2D eigenvalue weighted by atomic mass is 32.2. The van der Waals surface area contributed by atoms with Gasteiger partial charge in [-0.15, -0.1) is 34.4 Å². The number of thioether (sulfide) groups is 2. The fraction of sp³-hybridized carbons (Fsp3) is 0.130. The summed E-state index contributed by atoms with van der Waals surface area (Å²) in [6.45, 7) is 0. The number of hydrogen-bond donors (Lipinski definition) is 5. The zero-order chi connectivity index (χ0) is 27.8. The summed E-state index contributed by atoms with van der Waals surface area (Å²) in [5.74, 6) is -2.50. The van der Waals surface area contributed by atoms with Crippen molar-refractivity contribution in [1.82, 2.24) is 15.2 Å². The number of aliphatic carboxylic acids is 1. The molecule has 1 saturated heterocycles. The Morgan fingerprint density at radius 3 is 2.77 bits per heavy atom. The van der Waals surface area contributed by atoms with E-state index in [0.29, 0.717) is 19.9 Å². The minimum atomic E-state index is -1.30. The van der Waals surface area contributed by atoms with Crippen molar-refractivity contribution in [2.45, 2.75) is 15.6 Å². The average Bonchev–Trinajstić information content (AvgIpc) is 3.32. The number of allylic oxidation sites excluding steroid dienone is 1. The zero-order valence-electron chi connectivity index (χ0n) is 19.4. The molecule has 0 radical (unpaired) electrons. The van der Waals surface area contributed by atoms with Crippen LogP contribution in [0.15, 0.2) is 66.6 Å². The molecule has 39 heavy (non-hydrogen) atoms. The summed E-state index contributed by atoms with van der Waals surface area (Å²) < 4.78 is 1.26. The van der Waals surface area contributed by atoms with Crippen LogP contribution >= 0.6 is 46.2 Å². The lowest BCUT2D eigenvalue weighted by Gasteiger charge is -2.49. The fourth-order valence-corrected chi connectivity index (χ4v) is 7.83. The molecule has 2 aliphatic rings. The number of nitrogens with one attached hydrogen (secondary N) is 1. The number of oxime groups is 1. The second-order valence-corrected chi connectivity index (χ2v) is 12.4. The molecule has 6 N–H and O–H groups in total. The van der Waals surface area contributed by atoms with E-state index in [1.807, 2.05) is 0 Å². The number of benzene rings is 1. The van der Waals surface area contributed by atoms with Gasteiger partial charge in [0.05, 0.1) is 4.21 Å². The van der Waals surface area contributed by atoms with Crippen LogP contribution < -0.4 is 16.5 Å². The molecule has 1 aromatic carbocycles. The molecule has 0 aliphatic carbocycles. The zero-order valence-corrected chi connectivity index (χ0v) is 22.7. The molecule has 16 heteroatoms. The first-order chi connectivity index (χ1) is 18.7. The van der Waals surface area contributed by atoms with Crippen LogP contribution in [0.2, 0.25) is 0 Å². The van der Waals surface area contributed by atoms with Gasteiger partial charge in [0.1, 0.15) is 28.6 Å². The first-order valence-corrected chi connectivity index (χ1v) is 14.6. The standard InChI is InChI=1S/C23H17N5O7S4/c24-23-25-12(8-38-23)16(27-35)19(31)26-17-20(32)28-18(22(33)34)9(7-37-21(17)28)3-4-36-15-6-13(30)11-2-1-10(29)5-14(11)39-15/h1-6,8,17,21,29,35H,7H2,(H2,24,25)(H,26,31)(H,33,34)/b4-3+,27-16+/t17?,21-/m1/s1. The van der Waals surface area contributed by atoms with Gasteiger partial charge < -0.3 is 26.5 Å². The summed E-state index contributed by atoms with van der Waals surface area (Å²) in [6.07, 6.45) is 1.57. The highest BCUT2D eigenvalue weighted by molar-refractivity contribution is 8.04. The van der Waals surface area contributed by atoms with E-state index in [2.05, 4.69) is 15.5 Å². The minimum absolute atomic E-state index is 0.0432. The number of nitrogen functional groups attached to an aromatic ring is 1. The molecule has 2 atom stereocenters. The molecule has 3 aromatic rings. The van der Waals surface area contributed by atoms with E-state index in [0.717, 1.165) is 16.2 Å². The maximum atomic E-state index is 12.9. The smallest absolute Gasteiger partial charge is 0.352 e. The number of amides is 2. The van der Waals surface area contributed by atoms with Crippen LogP contribution in [-0.4, -0.2) is 66.0 Å². The van der Waals surface area contributed by atoms with Crippen molar-refractivity contribution in [2.24, 2.45) is 5.16 Å². The molecule has 0 saturated carbocycles. The van der Waals surface area contributed by atoms with Crippen LogP contribution in [0, 0.1) is 0 Å². The maximum absolute atomic E-state index is 12.9. The fourth-order valence-electron chi connectivity index (χ4n) is 3.95. The van der Waals surface area contributed by atoms with E-state index < -0.39 is 34.9 Å². The number of carboxylic acid groups (broad SMARTS) is 1. The Balaban J connectivity index is 1.32. The van der Waals surface area contributed by atoms with Gasteiger partial charge in [0, 0.05) is 27.3 Å². The molecule has 0 bridgehead atoms. The topological polar surface area (TPSA) is 196 Å². The monoisotopic (exact) mass is 603 g/mol. The molecule has 5 rings (SSSR count). The minimum Gasteiger partial charge on any atom is -0.508 e. The number of carbonyl (C=O) groups excluding carboxylic acids is 2. The number of β-lactam (4-membered cyclic amide) rings is 1. The van der Waals surface area contributed by atoms with Crippen molar-refractivity contribution >= 4 is 84.9 Å². The molecular weight excluding hydrogens is 587 g/mol. The summed E-state index contributed by atoms with van der Waals surface area (Å²) in [7, 11) is 0. The lowest BCUT2D eigenvalue weighted by Crippen LogP contribution is -2.71. The van der Waals surface area contributed by atoms with Crippen molar-refractivity contribution in [3.05, 3.63) is 68.3 Å². The van der Waals surface area contributed by atoms with E-state index in [-0.39, 0.29) is 33.5 Å². The Bertz CT molecular complexity index is 1680. The number of rotatable bonds is 7. The number of phenolic OH excluding ortho intramolecular Hbond substituents is 1. The molecule has 12 nitrogen and oxygen atoms in total. The average molecular weight is 604 g/mol. The molecule has 4 heterocycles. The molecule has 2 aromatic heterocycles. The normalized spacial score (nSPS) is 19.3. The Kier molecular flexibility index (Phi) is 7.35. The third-order valence-corrected chi connectivity index (χ3v) is 9.72. The highest BCUT2D eigenvalue weighted by Crippen LogP contribution is 2.41. The number of carbonyl (C=O) groups is 3. The van der Waals surface area contributed by atoms with E-state index >= 15 is 0 Å². The number of fused-ring (bicyclic) bond motifs is 2. The van der Waals surface area contributed by atoms with Crippen LogP contribution in [-0.2, 0) is 14.4 Å². The summed E-state index contributed by atoms with van der Waals surface area (Å²) in [5.41, 5.74) is 5.17. The molecule has 0 spiro atoms. The van der Waals surface area contributed by atoms with Gasteiger partial charge in [-0.3, -0.25) is 19.3 Å². The Hall–Kier alpha value is -3.86. The third-order valence-electron chi connectivity index (χ3n) is 5.71. The second-order valence-electron chi connectivity index (χ2n) is 8.09. The highest BCUT2D eigenvalue weighted by Gasteiger charge is 2.54. The van der Waals surface area contributed by atoms with Crippen LogP contribution in [0.3, 0.4) is 0 Å². The number of anilines is 1. The van der Waals surface area contributed by atoms with Crippen LogP contribution in [0.25, 0.3) is 10.1 Å². The van der Waals surface area contributed by atoms with Crippen molar-refractivity contribution in [3.63, 3.8) is 0 Å². The van der Waals surface area contributed by atoms with Crippen LogP contribution in [0.1, 0.15) is 5.69 Å². The van der Waals surface area contributed by atoms with Gasteiger partial charge in [-0.2, -0.15) is 0 Å². The van der Waals surface area contributed by atoms with Crippen molar-refractivity contribution in [2.75, 3.05) is 11.5 Å². The Morgan fingerprint density at radius 2 is 2.08 bits per heavy atom. The van der Waals surface area contributed by atoms with Gasteiger partial charge in [0.2, 0.25) is 0 Å². The Morgan fingerprint density at radius 1 is 1.28 bits per heavy atom. The number of thiazole rings is 1. The third kappa shape index (κ3) is 5.10. The van der Waals surface area contributed by atoms with E-state index in [9.17, 15) is 34.6 Å². The lowest BCUT2D eigenvalue weighted by atomic mass is 10.0. The van der Waals surface area contributed by atoms with Crippen LogP contribution in [0.4, 0.5) is 5.13 Å². The van der Waals surface area contributed by atoms with Crippen molar-refractivity contribution in [3.8, 4) is 5.75 Å². The van der Waals surface area contributed by atoms with Crippen molar-refractivity contribution in [1.29, 1.82) is 0 Å². The van der Waals surface area contributed by atoms with E-state index in [4.69, 9.17) is 5.73 Å². The summed E-state index contributed by atoms with van der Waals surface area (Å²) in [5, 5.41) is 37.4. The molecule has 2 amide bonds. The predicted octanol–water partition coefficient (Wildman–Crippen LogP) is 2.23. The first kappa shape index (κ1) is 26.7. The molecular formula is C23H17N5O7S4. The summed E-state index contributed by atoms with van der Waals surface area (Å²) in [4.78, 5) is 55.1. The van der Waals surface area contributed by atoms with E-state index in [1.54, 1.807) is 17.6 Å². The SMILES string of the molecule is Nc1nc(/C(=N\O)C(=O)NC2C(=O)N3C(C(=O)O)=C(/C=C/Sc4cc(=O)c5ccc(O)cc5s4)CS[C@H]23)cs1. The first-order valence-electron chi connectivity index (χ1n) is 10.9. The quantitative estimate of drug-likeness (QED) is 0.0873. The molecule has 2 aliphatic heterocycles. The number of phenols is 1. The lowest BCUT2D eigenvalue weighted by molar-refractivity contribution is -0.150. The van der Waals surface area contributed by atoms with Gasteiger partial charge in [0.25, 0.3) is 11.8 Å². The summed E-state index contributed by atoms with van der Waals surface area (Å²) in [6, 6.07) is 4.94. The van der Waals surface area contributed by atoms with Crippen LogP contribution in [0.5, 0.6) is 5.75 Å². The van der Waals surface area contributed by atoms with Gasteiger partial charge in [-0.25, -0.2) is 9.78 Å². The predicted molar refractivity (Wildman–Crippen MR) is 149 cm³/mol. The molecule has 200 valence electrons. The number of nitrogens with two attached hydrogens (primary N) is 1. The Labute approximate surface area is 235 Å². The van der Waals surface area contributed by atoms with Gasteiger partial charge in [-0.1, -0.05) is 16.9 Å². The number of hydrogen-bond acceptors (Lipinski definition) is 13. The van der Waals surface area contributed by atoms with Crippen molar-refractivity contribution < 1.29 is 29.8 Å². The van der Waals surface area contributed by atoms with Gasteiger partial charge in [0.15, 0.2) is 16.3 Å². The largest absolute Gasteiger partial charge is 0.508 e. The number of carboxylic acids is 1. The van der Waals surface area contributed by atoms with E-state index in [1.165, 1.54) is 58.4 Å². The maximum Gasteiger partial charge on any atom is 0.352 e. The number of aromatic hydroxyl groups is 1.